The van der Waals surface area contributed by atoms with Crippen molar-refractivity contribution in [2.24, 2.45) is 11.8 Å². The fraction of sp³-hybridized carbons (Fsp3) is 0.714. The van der Waals surface area contributed by atoms with Crippen molar-refractivity contribution in [1.29, 1.82) is 0 Å². The van der Waals surface area contributed by atoms with Crippen LogP contribution in [-0.4, -0.2) is 79.9 Å². The molecule has 10 nitrogen and oxygen atoms in total. The summed E-state index contributed by atoms with van der Waals surface area (Å²) in [5.41, 5.74) is 2.42. The van der Waals surface area contributed by atoms with E-state index in [9.17, 15) is 19.2 Å². The molecule has 12 heteroatoms. The van der Waals surface area contributed by atoms with E-state index in [0.717, 1.165) is 20.5 Å². The van der Waals surface area contributed by atoms with Gasteiger partial charge in [-0.15, -0.1) is 0 Å². The number of cyclic esters (lactones) is 1. The second-order valence-corrected chi connectivity index (χ2v) is 24.1. The zero-order valence-electron chi connectivity index (χ0n) is 35.9. The largest absolute Gasteiger partial charge is 0.542 e. The minimum Gasteiger partial charge on any atom is -0.542 e. The van der Waals surface area contributed by atoms with Gasteiger partial charge in [-0.1, -0.05) is 73.1 Å². The van der Waals surface area contributed by atoms with E-state index < -0.39 is 62.0 Å². The standard InChI is InChI=1S/C42H70IN3O7Si/c1-24(2)54(25(3)4,26(5)6)53-36-18-17-33(22-34(36)43)23-35-39(48)45-37(32(12)52-42(13,14)15)41(50)51-30(10)21-28(8)19-27(7)20-29(9)38(47)44-31(11)40(49)46(35)16/h17-19,22,24-26,28-32,35,37H,20-21,23H2,1-16H3,(H,44,47)(H,45,48)/b27-19+/t28-,29?,30-,31-,32+,35?,37?/m0/s1. The number of nitrogens with one attached hydrogen (secondary N) is 2. The Morgan fingerprint density at radius 3 is 2.02 bits per heavy atom. The van der Waals surface area contributed by atoms with Gasteiger partial charge >= 0.3 is 5.97 Å². The van der Waals surface area contributed by atoms with E-state index in [-0.39, 0.29) is 24.2 Å². The maximum absolute atomic E-state index is 14.5. The zero-order chi connectivity index (χ0) is 41.5. The SMILES string of the molecule is C/C1=C\[C@H](C)C[C@H](C)OC(=O)C([C@@H](C)OC(C)(C)C)NC(=O)C(Cc2ccc(O[Si](C(C)C)(C(C)C)C(C)C)c(I)c2)N(C)C(=O)[C@H](C)NC(=O)C(C)C1. The van der Waals surface area contributed by atoms with E-state index in [1.165, 1.54) is 4.90 Å². The van der Waals surface area contributed by atoms with Crippen molar-refractivity contribution in [2.75, 3.05) is 7.05 Å². The molecular weight excluding hydrogens is 813 g/mol. The van der Waals surface area contributed by atoms with Gasteiger partial charge in [0, 0.05) is 19.4 Å². The summed E-state index contributed by atoms with van der Waals surface area (Å²) in [6.07, 6.45) is 2.12. The van der Waals surface area contributed by atoms with Crippen LogP contribution in [0.4, 0.5) is 0 Å². The predicted molar refractivity (Wildman–Crippen MR) is 228 cm³/mol. The minimum atomic E-state index is -2.23. The number of hydrogen-bond acceptors (Lipinski definition) is 7. The number of carbonyl (C=O) groups is 4. The van der Waals surface area contributed by atoms with Crippen molar-refractivity contribution < 1.29 is 33.1 Å². The van der Waals surface area contributed by atoms with E-state index in [0.29, 0.717) is 29.5 Å². The van der Waals surface area contributed by atoms with Gasteiger partial charge in [-0.3, -0.25) is 14.4 Å². The maximum Gasteiger partial charge on any atom is 0.331 e. The molecule has 306 valence electrons. The van der Waals surface area contributed by atoms with E-state index in [1.807, 2.05) is 66.7 Å². The summed E-state index contributed by atoms with van der Waals surface area (Å²) in [5.74, 6) is -1.30. The Morgan fingerprint density at radius 1 is 0.926 bits per heavy atom. The highest BCUT2D eigenvalue weighted by Gasteiger charge is 2.47. The van der Waals surface area contributed by atoms with Gasteiger partial charge in [0.25, 0.3) is 8.32 Å². The number of ether oxygens (including phenoxy) is 2. The molecule has 1 aliphatic rings. The van der Waals surface area contributed by atoms with E-state index in [4.69, 9.17) is 13.9 Å². The highest BCUT2D eigenvalue weighted by molar-refractivity contribution is 14.1. The second-order valence-electron chi connectivity index (χ2n) is 17.6. The molecule has 1 aromatic carbocycles. The van der Waals surface area contributed by atoms with Crippen molar-refractivity contribution in [3.63, 3.8) is 0 Å². The first-order chi connectivity index (χ1) is 24.8. The number of carbonyl (C=O) groups excluding carboxylic acids is 4. The first-order valence-corrected chi connectivity index (χ1v) is 22.9. The number of halogens is 1. The normalized spacial score (nSPS) is 26.4. The summed E-state index contributed by atoms with van der Waals surface area (Å²) in [6, 6.07) is 2.82. The Hall–Kier alpha value is -2.45. The van der Waals surface area contributed by atoms with Crippen LogP contribution >= 0.6 is 22.6 Å². The molecule has 0 fully saturated rings. The molecular formula is C42H70IN3O7Si. The molecule has 0 radical (unpaired) electrons. The molecule has 7 atom stereocenters. The van der Waals surface area contributed by atoms with Crippen LogP contribution in [0.25, 0.3) is 0 Å². The highest BCUT2D eigenvalue weighted by Crippen LogP contribution is 2.43. The van der Waals surface area contributed by atoms with Crippen molar-refractivity contribution >= 4 is 54.6 Å². The third kappa shape index (κ3) is 13.1. The van der Waals surface area contributed by atoms with Crippen LogP contribution in [0.2, 0.25) is 16.6 Å². The lowest BCUT2D eigenvalue weighted by Gasteiger charge is -2.42. The molecule has 0 aliphatic carbocycles. The van der Waals surface area contributed by atoms with Crippen LogP contribution in [0, 0.1) is 15.4 Å². The molecule has 1 aliphatic heterocycles. The lowest BCUT2D eigenvalue weighted by atomic mass is 9.95. The average Bonchev–Trinajstić information content (AvgIpc) is 3.02. The molecule has 0 saturated carbocycles. The van der Waals surface area contributed by atoms with Gasteiger partial charge < -0.3 is 29.4 Å². The summed E-state index contributed by atoms with van der Waals surface area (Å²) in [4.78, 5) is 57.0. The summed E-state index contributed by atoms with van der Waals surface area (Å²) < 4.78 is 20.1. The third-order valence-electron chi connectivity index (χ3n) is 10.5. The monoisotopic (exact) mass is 883 g/mol. The van der Waals surface area contributed by atoms with Gasteiger partial charge in [0.2, 0.25) is 17.7 Å². The second kappa shape index (κ2) is 20.1. The summed E-state index contributed by atoms with van der Waals surface area (Å²) >= 11 is 2.29. The molecule has 2 N–H and O–H groups in total. The van der Waals surface area contributed by atoms with Gasteiger partial charge in [0.05, 0.1) is 21.4 Å². The Morgan fingerprint density at radius 2 is 1.50 bits per heavy atom. The smallest absolute Gasteiger partial charge is 0.331 e. The van der Waals surface area contributed by atoms with Crippen LogP contribution in [0.1, 0.15) is 122 Å². The van der Waals surface area contributed by atoms with Crippen LogP contribution in [0.15, 0.2) is 29.8 Å². The number of hydrogen-bond donors (Lipinski definition) is 2. The number of allylic oxidation sites excluding steroid dienone is 2. The van der Waals surface area contributed by atoms with Gasteiger partial charge in [0.1, 0.15) is 17.8 Å². The Kier molecular flexibility index (Phi) is 17.8. The Bertz CT molecular complexity index is 1470. The number of nitrogens with zero attached hydrogens (tertiary/aromatic N) is 1. The van der Waals surface area contributed by atoms with Gasteiger partial charge in [-0.2, -0.15) is 0 Å². The Labute approximate surface area is 340 Å². The topological polar surface area (TPSA) is 123 Å². The molecule has 0 bridgehead atoms. The molecule has 2 rings (SSSR count). The van der Waals surface area contributed by atoms with Crippen LogP contribution in [0.3, 0.4) is 0 Å². The quantitative estimate of drug-likeness (QED) is 0.111. The number of amides is 3. The third-order valence-corrected chi connectivity index (χ3v) is 17.3. The minimum absolute atomic E-state index is 0.0660. The summed E-state index contributed by atoms with van der Waals surface area (Å²) in [5, 5.41) is 5.81. The van der Waals surface area contributed by atoms with E-state index in [2.05, 4.69) is 80.8 Å². The molecule has 3 unspecified atom stereocenters. The summed E-state index contributed by atoms with van der Waals surface area (Å²) in [7, 11) is -0.669. The lowest BCUT2D eigenvalue weighted by molar-refractivity contribution is -0.161. The number of esters is 1. The maximum atomic E-state index is 14.5. The average molecular weight is 884 g/mol. The molecule has 54 heavy (non-hydrogen) atoms. The molecule has 0 spiro atoms. The van der Waals surface area contributed by atoms with Crippen molar-refractivity contribution in [3.05, 3.63) is 39.0 Å². The van der Waals surface area contributed by atoms with E-state index >= 15 is 0 Å². The molecule has 1 aromatic rings. The van der Waals surface area contributed by atoms with Crippen molar-refractivity contribution in [3.8, 4) is 5.75 Å². The van der Waals surface area contributed by atoms with Crippen LogP contribution in [0.5, 0.6) is 5.75 Å². The van der Waals surface area contributed by atoms with Gasteiger partial charge in [-0.05, 0) is 124 Å². The number of rotatable bonds is 9. The van der Waals surface area contributed by atoms with Gasteiger partial charge in [0.15, 0.2) is 6.04 Å². The summed E-state index contributed by atoms with van der Waals surface area (Å²) in [6.45, 7) is 30.2. The fourth-order valence-electron chi connectivity index (χ4n) is 8.09. The highest BCUT2D eigenvalue weighted by atomic mass is 127. The van der Waals surface area contributed by atoms with Crippen molar-refractivity contribution in [1.82, 2.24) is 15.5 Å². The lowest BCUT2D eigenvalue weighted by Crippen LogP contribution is -2.59. The van der Waals surface area contributed by atoms with Crippen LogP contribution in [-0.2, 0) is 35.1 Å². The predicted octanol–water partition coefficient (Wildman–Crippen LogP) is 8.35. The molecule has 0 aromatic heterocycles. The van der Waals surface area contributed by atoms with Gasteiger partial charge in [-0.25, -0.2) is 4.79 Å². The molecule has 0 saturated heterocycles. The van der Waals surface area contributed by atoms with Crippen LogP contribution < -0.4 is 15.1 Å². The zero-order valence-corrected chi connectivity index (χ0v) is 39.0. The molecule has 1 heterocycles. The molecule has 3 amide bonds. The first kappa shape index (κ1) is 47.7. The number of benzene rings is 1. The first-order valence-electron chi connectivity index (χ1n) is 19.7. The fourth-order valence-corrected chi connectivity index (χ4v) is 14.3. The van der Waals surface area contributed by atoms with Crippen molar-refractivity contribution in [2.45, 2.75) is 176 Å². The van der Waals surface area contributed by atoms with E-state index in [1.54, 1.807) is 20.9 Å². The number of likely N-dealkylation sites (N-methyl/N-ethyl adjacent to an activating group) is 1. The Balaban J connectivity index is 2.65.